The molecule has 0 bridgehead atoms. The number of nitrogens with zero attached hydrogens (tertiary/aromatic N) is 2. The molecule has 1 aromatic heterocycles. The third-order valence-corrected chi connectivity index (χ3v) is 3.78. The van der Waals surface area contributed by atoms with Crippen molar-refractivity contribution in [1.82, 2.24) is 9.55 Å². The van der Waals surface area contributed by atoms with E-state index in [-0.39, 0.29) is 0 Å². The van der Waals surface area contributed by atoms with Crippen molar-refractivity contribution < 1.29 is 9.90 Å². The second-order valence-electron chi connectivity index (χ2n) is 5.11. The summed E-state index contributed by atoms with van der Waals surface area (Å²) >= 11 is 0. The van der Waals surface area contributed by atoms with E-state index in [1.807, 2.05) is 6.07 Å². The number of imidazole rings is 1. The zero-order chi connectivity index (χ0) is 14.7. The van der Waals surface area contributed by atoms with Gasteiger partial charge < -0.3 is 9.67 Å². The number of aromatic carboxylic acids is 1. The van der Waals surface area contributed by atoms with E-state index in [1.54, 1.807) is 12.1 Å². The lowest BCUT2D eigenvalue weighted by atomic mass is 10.1. The maximum absolute atomic E-state index is 11.1. The molecule has 1 atom stereocenters. The second-order valence-corrected chi connectivity index (χ2v) is 5.11. The number of carbonyl (C=O) groups is 1. The third kappa shape index (κ3) is 2.55. The van der Waals surface area contributed by atoms with Crippen molar-refractivity contribution in [3.05, 3.63) is 29.6 Å². The van der Waals surface area contributed by atoms with Gasteiger partial charge in [-0.1, -0.05) is 27.2 Å². The van der Waals surface area contributed by atoms with Gasteiger partial charge in [0.25, 0.3) is 0 Å². The lowest BCUT2D eigenvalue weighted by molar-refractivity contribution is 0.0697. The SMILES string of the molecule is CCCC(CC)n1c(CC)nc2cc(C(=O)O)ccc21. The van der Waals surface area contributed by atoms with Crippen molar-refractivity contribution in [2.24, 2.45) is 0 Å². The molecule has 0 fully saturated rings. The van der Waals surface area contributed by atoms with Crippen LogP contribution in [-0.4, -0.2) is 20.6 Å². The van der Waals surface area contributed by atoms with Crippen LogP contribution in [0.1, 0.15) is 62.3 Å². The Labute approximate surface area is 119 Å². The molecule has 0 spiro atoms. The molecule has 1 aromatic carbocycles. The van der Waals surface area contributed by atoms with Gasteiger partial charge >= 0.3 is 5.97 Å². The fraction of sp³-hybridized carbons (Fsp3) is 0.500. The minimum Gasteiger partial charge on any atom is -0.478 e. The number of aromatic nitrogens is 2. The number of hydrogen-bond acceptors (Lipinski definition) is 2. The van der Waals surface area contributed by atoms with Gasteiger partial charge in [-0.3, -0.25) is 0 Å². The van der Waals surface area contributed by atoms with E-state index >= 15 is 0 Å². The Balaban J connectivity index is 2.60. The summed E-state index contributed by atoms with van der Waals surface area (Å²) in [5.41, 5.74) is 2.14. The van der Waals surface area contributed by atoms with Crippen LogP contribution in [-0.2, 0) is 6.42 Å². The van der Waals surface area contributed by atoms with Gasteiger partial charge in [-0.2, -0.15) is 0 Å². The molecule has 0 saturated carbocycles. The molecule has 20 heavy (non-hydrogen) atoms. The van der Waals surface area contributed by atoms with Gasteiger partial charge in [-0.25, -0.2) is 9.78 Å². The number of rotatable bonds is 6. The molecule has 0 aliphatic rings. The quantitative estimate of drug-likeness (QED) is 0.864. The van der Waals surface area contributed by atoms with Crippen LogP contribution in [0.3, 0.4) is 0 Å². The summed E-state index contributed by atoms with van der Waals surface area (Å²) < 4.78 is 2.30. The Morgan fingerprint density at radius 2 is 2.10 bits per heavy atom. The molecule has 4 heteroatoms. The number of carboxylic acids is 1. The van der Waals surface area contributed by atoms with Crippen molar-refractivity contribution >= 4 is 17.0 Å². The van der Waals surface area contributed by atoms with Crippen LogP contribution in [0.15, 0.2) is 18.2 Å². The van der Waals surface area contributed by atoms with Crippen LogP contribution in [0.25, 0.3) is 11.0 Å². The first-order chi connectivity index (χ1) is 9.62. The zero-order valence-corrected chi connectivity index (χ0v) is 12.4. The molecule has 0 saturated heterocycles. The molecule has 0 amide bonds. The average molecular weight is 274 g/mol. The van der Waals surface area contributed by atoms with Gasteiger partial charge in [0.05, 0.1) is 16.6 Å². The van der Waals surface area contributed by atoms with Crippen LogP contribution in [0.4, 0.5) is 0 Å². The molecule has 1 N–H and O–H groups in total. The maximum atomic E-state index is 11.1. The highest BCUT2D eigenvalue weighted by atomic mass is 16.4. The number of aryl methyl sites for hydroxylation is 1. The van der Waals surface area contributed by atoms with E-state index in [1.165, 1.54) is 0 Å². The Morgan fingerprint density at radius 3 is 2.65 bits per heavy atom. The Morgan fingerprint density at radius 1 is 1.35 bits per heavy atom. The molecule has 0 radical (unpaired) electrons. The van der Waals surface area contributed by atoms with Crippen LogP contribution in [0.5, 0.6) is 0 Å². The van der Waals surface area contributed by atoms with Crippen LogP contribution < -0.4 is 0 Å². The molecule has 2 aromatic rings. The third-order valence-electron chi connectivity index (χ3n) is 3.78. The summed E-state index contributed by atoms with van der Waals surface area (Å²) in [7, 11) is 0. The van der Waals surface area contributed by atoms with Crippen LogP contribution in [0, 0.1) is 0 Å². The molecule has 2 rings (SSSR count). The van der Waals surface area contributed by atoms with E-state index in [0.29, 0.717) is 11.6 Å². The maximum Gasteiger partial charge on any atom is 0.335 e. The lowest BCUT2D eigenvalue weighted by Gasteiger charge is -2.19. The van der Waals surface area contributed by atoms with Crippen molar-refractivity contribution in [2.45, 2.75) is 52.5 Å². The molecular formula is C16H22N2O2. The van der Waals surface area contributed by atoms with Crippen molar-refractivity contribution in [2.75, 3.05) is 0 Å². The topological polar surface area (TPSA) is 55.1 Å². The van der Waals surface area contributed by atoms with Gasteiger partial charge in [0, 0.05) is 12.5 Å². The number of fused-ring (bicyclic) bond motifs is 1. The second kappa shape index (κ2) is 6.07. The monoisotopic (exact) mass is 274 g/mol. The Bertz CT molecular complexity index is 616. The van der Waals surface area contributed by atoms with Crippen molar-refractivity contribution in [3.63, 3.8) is 0 Å². The van der Waals surface area contributed by atoms with E-state index < -0.39 is 5.97 Å². The highest BCUT2D eigenvalue weighted by Crippen LogP contribution is 2.27. The number of hydrogen-bond donors (Lipinski definition) is 1. The molecule has 1 unspecified atom stereocenters. The molecule has 4 nitrogen and oxygen atoms in total. The summed E-state index contributed by atoms with van der Waals surface area (Å²) in [6.07, 6.45) is 4.18. The first-order valence-corrected chi connectivity index (χ1v) is 7.36. The minimum absolute atomic E-state index is 0.299. The van der Waals surface area contributed by atoms with E-state index in [4.69, 9.17) is 5.11 Å². The van der Waals surface area contributed by atoms with Crippen molar-refractivity contribution in [1.29, 1.82) is 0 Å². The molecule has 108 valence electrons. The van der Waals surface area contributed by atoms with Gasteiger partial charge in [0.2, 0.25) is 0 Å². The standard InChI is InChI=1S/C16H22N2O2/c1-4-7-12(5-2)18-14-9-8-11(16(19)20)10-13(14)17-15(18)6-3/h8-10,12H,4-7H2,1-3H3,(H,19,20). The van der Waals surface area contributed by atoms with E-state index in [9.17, 15) is 4.79 Å². The van der Waals surface area contributed by atoms with Crippen LogP contribution >= 0.6 is 0 Å². The van der Waals surface area contributed by atoms with E-state index in [2.05, 4.69) is 30.3 Å². The summed E-state index contributed by atoms with van der Waals surface area (Å²) in [6, 6.07) is 5.67. The zero-order valence-electron chi connectivity index (χ0n) is 12.4. The Kier molecular flexibility index (Phi) is 4.42. The highest BCUT2D eigenvalue weighted by molar-refractivity contribution is 5.92. The molecule has 0 aliphatic carbocycles. The molecular weight excluding hydrogens is 252 g/mol. The van der Waals surface area contributed by atoms with E-state index in [0.717, 1.165) is 42.5 Å². The highest BCUT2D eigenvalue weighted by Gasteiger charge is 2.17. The summed E-state index contributed by atoms with van der Waals surface area (Å²) in [6.45, 7) is 6.47. The van der Waals surface area contributed by atoms with Gasteiger partial charge in [0.1, 0.15) is 5.82 Å². The summed E-state index contributed by atoms with van der Waals surface area (Å²) in [5.74, 6) is 0.142. The predicted molar refractivity (Wildman–Crippen MR) is 80.3 cm³/mol. The Hall–Kier alpha value is -1.84. The predicted octanol–water partition coefficient (Wildman–Crippen LogP) is 4.05. The van der Waals surface area contributed by atoms with Crippen LogP contribution in [0.2, 0.25) is 0 Å². The summed E-state index contributed by atoms with van der Waals surface area (Å²) in [4.78, 5) is 15.7. The average Bonchev–Trinajstić information content (AvgIpc) is 2.82. The van der Waals surface area contributed by atoms with Gasteiger partial charge in [-0.05, 0) is 31.0 Å². The summed E-state index contributed by atoms with van der Waals surface area (Å²) in [5, 5.41) is 9.08. The van der Waals surface area contributed by atoms with Crippen molar-refractivity contribution in [3.8, 4) is 0 Å². The normalized spacial score (nSPS) is 12.8. The first kappa shape index (κ1) is 14.6. The molecule has 1 heterocycles. The fourth-order valence-corrected chi connectivity index (χ4v) is 2.79. The van der Waals surface area contributed by atoms with Gasteiger partial charge in [0.15, 0.2) is 0 Å². The smallest absolute Gasteiger partial charge is 0.335 e. The number of benzene rings is 1. The lowest BCUT2D eigenvalue weighted by Crippen LogP contribution is -2.11. The van der Waals surface area contributed by atoms with Gasteiger partial charge in [-0.15, -0.1) is 0 Å². The minimum atomic E-state index is -0.903. The fourth-order valence-electron chi connectivity index (χ4n) is 2.79. The number of carboxylic acid groups (broad SMARTS) is 1. The largest absolute Gasteiger partial charge is 0.478 e. The molecule has 0 aliphatic heterocycles. The first-order valence-electron chi connectivity index (χ1n) is 7.36.